The second-order valence-corrected chi connectivity index (χ2v) is 5.04. The zero-order valence-corrected chi connectivity index (χ0v) is 10.3. The van der Waals surface area contributed by atoms with Crippen molar-refractivity contribution < 1.29 is 9.72 Å². The molecule has 0 spiro atoms. The first-order valence-electron chi connectivity index (χ1n) is 4.64. The first-order chi connectivity index (χ1) is 7.34. The number of nitro benzene ring substituents is 1. The van der Waals surface area contributed by atoms with E-state index in [4.69, 9.17) is 0 Å². The third kappa shape index (κ3) is 1.41. The number of hydrogen-bond donors (Lipinski definition) is 1. The van der Waals surface area contributed by atoms with Crippen LogP contribution in [0.2, 0.25) is 0 Å². The number of nitrogens with one attached hydrogen (secondary N) is 1. The van der Waals surface area contributed by atoms with Crippen molar-refractivity contribution in [3.05, 3.63) is 32.3 Å². The molecule has 0 atom stereocenters. The van der Waals surface area contributed by atoms with Crippen LogP contribution >= 0.6 is 15.9 Å². The van der Waals surface area contributed by atoms with E-state index < -0.39 is 10.3 Å². The average molecular weight is 285 g/mol. The van der Waals surface area contributed by atoms with Crippen molar-refractivity contribution in [2.45, 2.75) is 19.3 Å². The predicted octanol–water partition coefficient (Wildman–Crippen LogP) is 2.59. The molecule has 1 heterocycles. The number of hydrogen-bond acceptors (Lipinski definition) is 3. The molecular formula is C10H9BrN2O3. The molecular weight excluding hydrogens is 276 g/mol. The van der Waals surface area contributed by atoms with Gasteiger partial charge in [-0.15, -0.1) is 0 Å². The maximum Gasteiger partial charge on any atom is 0.283 e. The summed E-state index contributed by atoms with van der Waals surface area (Å²) in [5.74, 6) is -0.144. The summed E-state index contributed by atoms with van der Waals surface area (Å²) in [6, 6.07) is 3.01. The van der Waals surface area contributed by atoms with E-state index in [-0.39, 0.29) is 11.6 Å². The number of fused-ring (bicyclic) bond motifs is 1. The van der Waals surface area contributed by atoms with E-state index in [9.17, 15) is 14.9 Å². The molecule has 0 aromatic heterocycles. The lowest BCUT2D eigenvalue weighted by atomic mass is 9.86. The predicted molar refractivity (Wildman–Crippen MR) is 62.5 cm³/mol. The van der Waals surface area contributed by atoms with Crippen LogP contribution in [0.15, 0.2) is 16.6 Å². The van der Waals surface area contributed by atoms with E-state index >= 15 is 0 Å². The number of anilines is 1. The largest absolute Gasteiger partial charge is 0.325 e. The molecule has 1 N–H and O–H groups in total. The summed E-state index contributed by atoms with van der Waals surface area (Å²) in [5.41, 5.74) is 0.545. The summed E-state index contributed by atoms with van der Waals surface area (Å²) in [5, 5.41) is 13.5. The molecule has 1 aromatic rings. The Labute approximate surface area is 100 Å². The average Bonchev–Trinajstić information content (AvgIpc) is 2.36. The van der Waals surface area contributed by atoms with Gasteiger partial charge in [-0.2, -0.15) is 0 Å². The number of carbonyl (C=O) groups excluding carboxylic acids is 1. The smallest absolute Gasteiger partial charge is 0.283 e. The minimum Gasteiger partial charge on any atom is -0.325 e. The second kappa shape index (κ2) is 3.28. The van der Waals surface area contributed by atoms with Gasteiger partial charge >= 0.3 is 0 Å². The fourth-order valence-electron chi connectivity index (χ4n) is 1.72. The van der Waals surface area contributed by atoms with Crippen LogP contribution in [0, 0.1) is 10.1 Å². The molecule has 0 aliphatic carbocycles. The molecule has 0 radical (unpaired) electrons. The normalized spacial score (nSPS) is 16.8. The fraction of sp³-hybridized carbons (Fsp3) is 0.300. The van der Waals surface area contributed by atoms with Crippen LogP contribution in [0.25, 0.3) is 0 Å². The number of nitro groups is 1. The van der Waals surface area contributed by atoms with Gasteiger partial charge in [0.15, 0.2) is 0 Å². The second-order valence-electron chi connectivity index (χ2n) is 4.19. The van der Waals surface area contributed by atoms with E-state index in [0.29, 0.717) is 15.7 Å². The molecule has 1 aromatic carbocycles. The van der Waals surface area contributed by atoms with Crippen molar-refractivity contribution in [3.8, 4) is 0 Å². The molecule has 1 aliphatic rings. The summed E-state index contributed by atoms with van der Waals surface area (Å²) in [7, 11) is 0. The molecule has 0 saturated heterocycles. The first kappa shape index (κ1) is 11.1. The Hall–Kier alpha value is -1.43. The van der Waals surface area contributed by atoms with Gasteiger partial charge in [0.1, 0.15) is 0 Å². The topological polar surface area (TPSA) is 72.2 Å². The number of benzene rings is 1. The molecule has 2 rings (SSSR count). The lowest BCUT2D eigenvalue weighted by Gasteiger charge is -2.14. The minimum absolute atomic E-state index is 0.0247. The van der Waals surface area contributed by atoms with Crippen molar-refractivity contribution in [1.29, 1.82) is 0 Å². The zero-order chi connectivity index (χ0) is 12.1. The van der Waals surface area contributed by atoms with Crippen molar-refractivity contribution in [2.24, 2.45) is 0 Å². The van der Waals surface area contributed by atoms with Crippen molar-refractivity contribution >= 4 is 33.2 Å². The molecule has 5 nitrogen and oxygen atoms in total. The number of amides is 1. The van der Waals surface area contributed by atoms with Crippen molar-refractivity contribution in [2.75, 3.05) is 5.32 Å². The van der Waals surface area contributed by atoms with Crippen LogP contribution in [0.4, 0.5) is 11.4 Å². The Kier molecular flexibility index (Phi) is 2.27. The molecule has 1 amide bonds. The summed E-state index contributed by atoms with van der Waals surface area (Å²) in [6.45, 7) is 3.48. The van der Waals surface area contributed by atoms with E-state index in [0.717, 1.165) is 0 Å². The van der Waals surface area contributed by atoms with Crippen LogP contribution in [-0.2, 0) is 10.2 Å². The Bertz CT molecular complexity index is 511. The third-order valence-electron chi connectivity index (χ3n) is 2.77. The van der Waals surface area contributed by atoms with Gasteiger partial charge in [0.25, 0.3) is 5.69 Å². The molecule has 0 saturated carbocycles. The molecule has 6 heteroatoms. The monoisotopic (exact) mass is 284 g/mol. The summed E-state index contributed by atoms with van der Waals surface area (Å²) in [4.78, 5) is 22.0. The summed E-state index contributed by atoms with van der Waals surface area (Å²) >= 11 is 3.11. The van der Waals surface area contributed by atoms with Gasteiger partial charge in [-0.1, -0.05) is 0 Å². The number of nitrogens with zero attached hydrogens (tertiary/aromatic N) is 1. The van der Waals surface area contributed by atoms with E-state index in [1.165, 1.54) is 6.07 Å². The SMILES string of the molecule is CC1(C)C(=O)Nc2cc(Br)c([N+](=O)[O-])cc21. The molecule has 84 valence electrons. The van der Waals surface area contributed by atoms with Crippen LogP contribution in [0.3, 0.4) is 0 Å². The Morgan fingerprint density at radius 1 is 1.44 bits per heavy atom. The first-order valence-corrected chi connectivity index (χ1v) is 5.43. The fourth-order valence-corrected chi connectivity index (χ4v) is 2.21. The summed E-state index contributed by atoms with van der Waals surface area (Å²) in [6.07, 6.45) is 0. The number of halogens is 1. The van der Waals surface area contributed by atoms with Crippen LogP contribution in [-0.4, -0.2) is 10.8 Å². The zero-order valence-electron chi connectivity index (χ0n) is 8.70. The van der Waals surface area contributed by atoms with Gasteiger partial charge in [-0.3, -0.25) is 14.9 Å². The Morgan fingerprint density at radius 3 is 2.62 bits per heavy atom. The highest BCUT2D eigenvalue weighted by molar-refractivity contribution is 9.10. The maximum absolute atomic E-state index is 11.6. The Balaban J connectivity index is 2.67. The molecule has 16 heavy (non-hydrogen) atoms. The molecule has 0 unspecified atom stereocenters. The standard InChI is InChI=1S/C10H9BrN2O3/c1-10(2)5-3-8(13(15)16)6(11)4-7(5)12-9(10)14/h3-4H,1-2H3,(H,12,14). The molecule has 0 bridgehead atoms. The van der Waals surface area contributed by atoms with Gasteiger partial charge in [-0.05, 0) is 41.4 Å². The lowest BCUT2D eigenvalue weighted by Crippen LogP contribution is -2.26. The maximum atomic E-state index is 11.6. The van der Waals surface area contributed by atoms with Gasteiger partial charge < -0.3 is 5.32 Å². The minimum atomic E-state index is -0.721. The van der Waals surface area contributed by atoms with Crippen LogP contribution < -0.4 is 5.32 Å². The third-order valence-corrected chi connectivity index (χ3v) is 3.41. The van der Waals surface area contributed by atoms with Crippen LogP contribution in [0.1, 0.15) is 19.4 Å². The highest BCUT2D eigenvalue weighted by atomic mass is 79.9. The molecule has 0 fully saturated rings. The summed E-state index contributed by atoms with van der Waals surface area (Å²) < 4.78 is 0.370. The number of rotatable bonds is 1. The van der Waals surface area contributed by atoms with Gasteiger partial charge in [0, 0.05) is 11.8 Å². The lowest BCUT2D eigenvalue weighted by molar-refractivity contribution is -0.385. The van der Waals surface area contributed by atoms with Gasteiger partial charge in [0.05, 0.1) is 14.8 Å². The van der Waals surface area contributed by atoms with Crippen molar-refractivity contribution in [3.63, 3.8) is 0 Å². The van der Waals surface area contributed by atoms with Gasteiger partial charge in [0.2, 0.25) is 5.91 Å². The highest BCUT2D eigenvalue weighted by Gasteiger charge is 2.40. The van der Waals surface area contributed by atoms with Gasteiger partial charge in [-0.25, -0.2) is 0 Å². The number of carbonyl (C=O) groups is 1. The van der Waals surface area contributed by atoms with Crippen molar-refractivity contribution in [1.82, 2.24) is 0 Å². The van der Waals surface area contributed by atoms with E-state index in [1.54, 1.807) is 19.9 Å². The van der Waals surface area contributed by atoms with E-state index in [2.05, 4.69) is 21.2 Å². The quantitative estimate of drug-likeness (QED) is 0.636. The van der Waals surface area contributed by atoms with E-state index in [1.807, 2.05) is 0 Å². The Morgan fingerprint density at radius 2 is 2.06 bits per heavy atom. The molecule has 1 aliphatic heterocycles. The van der Waals surface area contributed by atoms with Crippen LogP contribution in [0.5, 0.6) is 0 Å². The highest BCUT2D eigenvalue weighted by Crippen LogP contribution is 2.42.